The highest BCUT2D eigenvalue weighted by Crippen LogP contribution is 2.20. The Balaban J connectivity index is 2.59. The summed E-state index contributed by atoms with van der Waals surface area (Å²) in [6.07, 6.45) is 1.63. The lowest BCUT2D eigenvalue weighted by Crippen LogP contribution is -2.03. The van der Waals surface area contributed by atoms with Crippen LogP contribution in [0.3, 0.4) is 0 Å². The number of rotatable bonds is 5. The Morgan fingerprint density at radius 1 is 1.40 bits per heavy atom. The molecule has 1 rings (SSSR count). The lowest BCUT2D eigenvalue weighted by Gasteiger charge is -2.07. The molecular formula is C11H13ClN2O. The topological polar surface area (TPSA) is 56.0 Å². The molecule has 0 aromatic heterocycles. The Hall–Kier alpha value is -1.24. The summed E-state index contributed by atoms with van der Waals surface area (Å²) in [5.41, 5.74) is 1.34. The van der Waals surface area contributed by atoms with Gasteiger partial charge in [0.05, 0.1) is 11.3 Å². The molecule has 3 nitrogen and oxygen atoms in total. The normalized spacial score (nSPS) is 9.67. The van der Waals surface area contributed by atoms with Crippen LogP contribution >= 0.6 is 11.6 Å². The molecule has 0 unspecified atom stereocenters. The first kappa shape index (κ1) is 11.8. The van der Waals surface area contributed by atoms with E-state index in [1.165, 1.54) is 0 Å². The zero-order chi connectivity index (χ0) is 11.1. The molecule has 15 heavy (non-hydrogen) atoms. The molecule has 0 spiro atoms. The van der Waals surface area contributed by atoms with E-state index in [9.17, 15) is 0 Å². The number of halogens is 1. The maximum absolute atomic E-state index is 8.84. The highest BCUT2D eigenvalue weighted by molar-refractivity contribution is 6.30. The van der Waals surface area contributed by atoms with Crippen molar-refractivity contribution in [3.8, 4) is 6.07 Å². The molecule has 0 aliphatic carbocycles. The molecule has 4 heteroatoms. The molecule has 0 heterocycles. The van der Waals surface area contributed by atoms with Gasteiger partial charge in [0.15, 0.2) is 0 Å². The number of nitrogens with zero attached hydrogens (tertiary/aromatic N) is 1. The van der Waals surface area contributed by atoms with Gasteiger partial charge in [-0.2, -0.15) is 5.26 Å². The summed E-state index contributed by atoms with van der Waals surface area (Å²) in [6.45, 7) is 0.928. The largest absolute Gasteiger partial charge is 0.396 e. The number of aliphatic hydroxyl groups is 1. The van der Waals surface area contributed by atoms with Gasteiger partial charge >= 0.3 is 0 Å². The maximum atomic E-state index is 8.84. The van der Waals surface area contributed by atoms with Gasteiger partial charge in [0.1, 0.15) is 6.07 Å². The zero-order valence-corrected chi connectivity index (χ0v) is 9.09. The van der Waals surface area contributed by atoms with E-state index in [4.69, 9.17) is 22.0 Å². The predicted octanol–water partition coefficient (Wildman–Crippen LogP) is 2.40. The molecule has 0 amide bonds. The van der Waals surface area contributed by atoms with Gasteiger partial charge in [-0.05, 0) is 31.0 Å². The van der Waals surface area contributed by atoms with Crippen LogP contribution in [-0.2, 0) is 0 Å². The fourth-order valence-corrected chi connectivity index (χ4v) is 1.39. The summed E-state index contributed by atoms with van der Waals surface area (Å²) in [4.78, 5) is 0. The molecule has 80 valence electrons. The molecule has 1 aromatic rings. The maximum Gasteiger partial charge on any atom is 0.101 e. The number of nitriles is 1. The molecule has 2 N–H and O–H groups in total. The second kappa shape index (κ2) is 6.28. The summed E-state index contributed by atoms with van der Waals surface area (Å²) in [5, 5.41) is 21.2. The van der Waals surface area contributed by atoms with E-state index < -0.39 is 0 Å². The van der Waals surface area contributed by atoms with Crippen molar-refractivity contribution in [1.82, 2.24) is 0 Å². The summed E-state index contributed by atoms with van der Waals surface area (Å²) in [6, 6.07) is 7.21. The van der Waals surface area contributed by atoms with Gasteiger partial charge in [0.2, 0.25) is 0 Å². The third-order valence-corrected chi connectivity index (χ3v) is 2.24. The van der Waals surface area contributed by atoms with Crippen LogP contribution in [0.1, 0.15) is 18.4 Å². The Labute approximate surface area is 94.3 Å². The zero-order valence-electron chi connectivity index (χ0n) is 8.33. The van der Waals surface area contributed by atoms with Crippen molar-refractivity contribution in [2.24, 2.45) is 0 Å². The van der Waals surface area contributed by atoms with Crippen LogP contribution in [0.5, 0.6) is 0 Å². The van der Waals surface area contributed by atoms with E-state index in [-0.39, 0.29) is 6.61 Å². The van der Waals surface area contributed by atoms with Crippen LogP contribution in [0.4, 0.5) is 5.69 Å². The molecule has 0 saturated heterocycles. The quantitative estimate of drug-likeness (QED) is 0.756. The van der Waals surface area contributed by atoms with Gasteiger partial charge in [0.25, 0.3) is 0 Å². The monoisotopic (exact) mass is 224 g/mol. The first-order chi connectivity index (χ1) is 7.27. The fraction of sp³-hybridized carbons (Fsp3) is 0.364. The minimum absolute atomic E-state index is 0.197. The Kier molecular flexibility index (Phi) is 4.96. The van der Waals surface area contributed by atoms with Crippen LogP contribution in [0.15, 0.2) is 18.2 Å². The van der Waals surface area contributed by atoms with Gasteiger partial charge in [-0.25, -0.2) is 0 Å². The Morgan fingerprint density at radius 2 is 2.20 bits per heavy atom. The number of aliphatic hydroxyl groups excluding tert-OH is 1. The van der Waals surface area contributed by atoms with Crippen LogP contribution < -0.4 is 5.32 Å². The van der Waals surface area contributed by atoms with E-state index in [1.807, 2.05) is 0 Å². The van der Waals surface area contributed by atoms with E-state index in [1.54, 1.807) is 18.2 Å². The molecule has 0 aliphatic heterocycles. The second-order valence-electron chi connectivity index (χ2n) is 3.16. The van der Waals surface area contributed by atoms with Crippen molar-refractivity contribution < 1.29 is 5.11 Å². The number of benzene rings is 1. The smallest absolute Gasteiger partial charge is 0.101 e. The fourth-order valence-electron chi connectivity index (χ4n) is 1.22. The average molecular weight is 225 g/mol. The van der Waals surface area contributed by atoms with Crippen molar-refractivity contribution in [3.63, 3.8) is 0 Å². The Morgan fingerprint density at radius 3 is 2.87 bits per heavy atom. The first-order valence-corrected chi connectivity index (χ1v) is 5.20. The summed E-state index contributed by atoms with van der Waals surface area (Å²) in [7, 11) is 0. The standard InChI is InChI=1S/C11H13ClN2O/c12-10-4-3-9(8-13)11(7-10)14-5-1-2-6-15/h3-4,7,14-15H,1-2,5-6H2. The van der Waals surface area contributed by atoms with E-state index in [0.29, 0.717) is 10.6 Å². The van der Waals surface area contributed by atoms with Gasteiger partial charge in [-0.3, -0.25) is 0 Å². The van der Waals surface area contributed by atoms with Gasteiger partial charge in [-0.1, -0.05) is 11.6 Å². The van der Waals surface area contributed by atoms with E-state index in [2.05, 4.69) is 11.4 Å². The minimum atomic E-state index is 0.197. The SMILES string of the molecule is N#Cc1ccc(Cl)cc1NCCCCO. The third kappa shape index (κ3) is 3.78. The molecular weight excluding hydrogens is 212 g/mol. The van der Waals surface area contributed by atoms with Gasteiger partial charge < -0.3 is 10.4 Å². The summed E-state index contributed by atoms with van der Waals surface area (Å²) < 4.78 is 0. The number of hydrogen-bond acceptors (Lipinski definition) is 3. The van der Waals surface area contributed by atoms with Gasteiger partial charge in [0, 0.05) is 18.2 Å². The Bertz CT molecular complexity index is 360. The van der Waals surface area contributed by atoms with Gasteiger partial charge in [-0.15, -0.1) is 0 Å². The number of unbranched alkanes of at least 4 members (excludes halogenated alkanes) is 1. The molecule has 0 aliphatic rings. The molecule has 0 fully saturated rings. The lowest BCUT2D eigenvalue weighted by atomic mass is 10.2. The van der Waals surface area contributed by atoms with Crippen LogP contribution in [0.2, 0.25) is 5.02 Å². The number of nitrogens with one attached hydrogen (secondary N) is 1. The molecule has 0 atom stereocenters. The predicted molar refractivity (Wildman–Crippen MR) is 61.0 cm³/mol. The highest BCUT2D eigenvalue weighted by Gasteiger charge is 2.01. The lowest BCUT2D eigenvalue weighted by molar-refractivity contribution is 0.286. The summed E-state index contributed by atoms with van der Waals surface area (Å²) >= 11 is 5.82. The van der Waals surface area contributed by atoms with Crippen molar-refractivity contribution in [2.45, 2.75) is 12.8 Å². The van der Waals surface area contributed by atoms with Crippen molar-refractivity contribution in [2.75, 3.05) is 18.5 Å². The van der Waals surface area contributed by atoms with Crippen molar-refractivity contribution in [3.05, 3.63) is 28.8 Å². The molecule has 0 bridgehead atoms. The van der Waals surface area contributed by atoms with E-state index >= 15 is 0 Å². The molecule has 0 saturated carbocycles. The van der Waals surface area contributed by atoms with Crippen LogP contribution in [-0.4, -0.2) is 18.3 Å². The van der Waals surface area contributed by atoms with Crippen LogP contribution in [0.25, 0.3) is 0 Å². The first-order valence-electron chi connectivity index (χ1n) is 4.82. The van der Waals surface area contributed by atoms with Crippen molar-refractivity contribution >= 4 is 17.3 Å². The highest BCUT2D eigenvalue weighted by atomic mass is 35.5. The van der Waals surface area contributed by atoms with Crippen molar-refractivity contribution in [1.29, 1.82) is 5.26 Å². The number of anilines is 1. The third-order valence-electron chi connectivity index (χ3n) is 2.00. The summed E-state index contributed by atoms with van der Waals surface area (Å²) in [5.74, 6) is 0. The minimum Gasteiger partial charge on any atom is -0.396 e. The average Bonchev–Trinajstić information content (AvgIpc) is 2.25. The molecule has 1 aromatic carbocycles. The van der Waals surface area contributed by atoms with E-state index in [0.717, 1.165) is 25.1 Å². The molecule has 0 radical (unpaired) electrons. The number of hydrogen-bond donors (Lipinski definition) is 2. The second-order valence-corrected chi connectivity index (χ2v) is 3.60. The van der Waals surface area contributed by atoms with Crippen LogP contribution in [0, 0.1) is 11.3 Å².